The van der Waals surface area contributed by atoms with Crippen LogP contribution in [-0.4, -0.2) is 25.5 Å². The van der Waals surface area contributed by atoms with Crippen LogP contribution in [-0.2, 0) is 10.2 Å². The summed E-state index contributed by atoms with van der Waals surface area (Å²) < 4.78 is 13.8. The Labute approximate surface area is 106 Å². The van der Waals surface area contributed by atoms with Gasteiger partial charge in [0.25, 0.3) is 0 Å². The lowest BCUT2D eigenvalue weighted by molar-refractivity contribution is -0.123. The highest BCUT2D eigenvalue weighted by Crippen LogP contribution is 2.49. The second kappa shape index (κ2) is 4.35. The zero-order valence-corrected chi connectivity index (χ0v) is 10.2. The molecule has 1 amide bonds. The lowest BCUT2D eigenvalue weighted by Gasteiger charge is -2.28. The van der Waals surface area contributed by atoms with Crippen molar-refractivity contribution in [2.24, 2.45) is 5.92 Å². The number of nitrogens with one attached hydrogen (secondary N) is 2. The van der Waals surface area contributed by atoms with Crippen LogP contribution in [0, 0.1) is 11.7 Å². The van der Waals surface area contributed by atoms with E-state index in [-0.39, 0.29) is 11.7 Å². The molecule has 2 fully saturated rings. The molecule has 1 aromatic rings. The van der Waals surface area contributed by atoms with Crippen LogP contribution in [0.2, 0.25) is 0 Å². The Bertz CT molecular complexity index is 467. The Balaban J connectivity index is 1.70. The highest BCUT2D eigenvalue weighted by atomic mass is 19.1. The van der Waals surface area contributed by atoms with Gasteiger partial charge in [-0.15, -0.1) is 0 Å². The molecule has 2 aliphatic rings. The van der Waals surface area contributed by atoms with Gasteiger partial charge in [0.1, 0.15) is 5.82 Å². The van der Waals surface area contributed by atoms with E-state index in [1.54, 1.807) is 18.2 Å². The lowest BCUT2D eigenvalue weighted by atomic mass is 9.94. The van der Waals surface area contributed by atoms with Crippen molar-refractivity contribution in [3.05, 3.63) is 35.6 Å². The summed E-state index contributed by atoms with van der Waals surface area (Å²) in [6.07, 6.45) is 1.51. The zero-order chi connectivity index (χ0) is 12.6. The van der Waals surface area contributed by atoms with Crippen LogP contribution in [0.15, 0.2) is 24.3 Å². The second-order valence-corrected chi connectivity index (χ2v) is 5.30. The van der Waals surface area contributed by atoms with E-state index in [1.807, 2.05) is 0 Å². The fourth-order valence-corrected chi connectivity index (χ4v) is 2.49. The largest absolute Gasteiger partial charge is 0.355 e. The van der Waals surface area contributed by atoms with Gasteiger partial charge in [-0.1, -0.05) is 18.2 Å². The topological polar surface area (TPSA) is 41.1 Å². The first kappa shape index (κ1) is 11.7. The monoisotopic (exact) mass is 248 g/mol. The Morgan fingerprint density at radius 2 is 2.11 bits per heavy atom. The van der Waals surface area contributed by atoms with E-state index < -0.39 is 5.41 Å². The van der Waals surface area contributed by atoms with Gasteiger partial charge in [0.2, 0.25) is 5.91 Å². The maximum Gasteiger partial charge on any atom is 0.230 e. The number of carbonyl (C=O) groups is 1. The smallest absolute Gasteiger partial charge is 0.230 e. The standard InChI is InChI=1S/C14H17FN2O/c15-12-4-2-1-3-11(12)14(5-6-14)13(18)17-9-10-7-16-8-10/h1-4,10,16H,5-9H2,(H,17,18). The summed E-state index contributed by atoms with van der Waals surface area (Å²) >= 11 is 0. The molecule has 3 nitrogen and oxygen atoms in total. The van der Waals surface area contributed by atoms with Crippen LogP contribution in [0.3, 0.4) is 0 Å². The first-order chi connectivity index (χ1) is 8.72. The molecule has 4 heteroatoms. The summed E-state index contributed by atoms with van der Waals surface area (Å²) in [5.41, 5.74) is -0.0445. The maximum absolute atomic E-state index is 13.8. The van der Waals surface area contributed by atoms with Crippen LogP contribution < -0.4 is 10.6 Å². The van der Waals surface area contributed by atoms with Gasteiger partial charge in [-0.05, 0) is 18.9 Å². The Kier molecular flexibility index (Phi) is 2.82. The molecule has 1 saturated carbocycles. The molecule has 0 spiro atoms. The van der Waals surface area contributed by atoms with E-state index in [2.05, 4.69) is 10.6 Å². The van der Waals surface area contributed by atoms with Crippen molar-refractivity contribution in [2.75, 3.05) is 19.6 Å². The quantitative estimate of drug-likeness (QED) is 0.840. The molecule has 1 aliphatic heterocycles. The molecular weight excluding hydrogens is 231 g/mol. The van der Waals surface area contributed by atoms with E-state index in [4.69, 9.17) is 0 Å². The molecule has 18 heavy (non-hydrogen) atoms. The number of carbonyl (C=O) groups excluding carboxylic acids is 1. The minimum Gasteiger partial charge on any atom is -0.355 e. The number of rotatable bonds is 4. The summed E-state index contributed by atoms with van der Waals surface area (Å²) in [4.78, 5) is 12.2. The first-order valence-corrected chi connectivity index (χ1v) is 6.46. The van der Waals surface area contributed by atoms with Crippen molar-refractivity contribution in [2.45, 2.75) is 18.3 Å². The van der Waals surface area contributed by atoms with E-state index in [1.165, 1.54) is 6.07 Å². The molecule has 1 aliphatic carbocycles. The van der Waals surface area contributed by atoms with Crippen LogP contribution in [0.1, 0.15) is 18.4 Å². The van der Waals surface area contributed by atoms with Crippen LogP contribution in [0.4, 0.5) is 4.39 Å². The van der Waals surface area contributed by atoms with Gasteiger partial charge in [-0.3, -0.25) is 4.79 Å². The molecule has 0 atom stereocenters. The third-order valence-corrected chi connectivity index (χ3v) is 3.99. The lowest BCUT2D eigenvalue weighted by Crippen LogP contribution is -2.49. The second-order valence-electron chi connectivity index (χ2n) is 5.30. The number of benzene rings is 1. The number of amides is 1. The maximum atomic E-state index is 13.8. The highest BCUT2D eigenvalue weighted by molar-refractivity contribution is 5.91. The van der Waals surface area contributed by atoms with E-state index in [0.717, 1.165) is 25.9 Å². The minimum absolute atomic E-state index is 0.0144. The average Bonchev–Trinajstić information content (AvgIpc) is 3.08. The molecule has 2 N–H and O–H groups in total. The van der Waals surface area contributed by atoms with Crippen molar-refractivity contribution in [1.82, 2.24) is 10.6 Å². The number of hydrogen-bond donors (Lipinski definition) is 2. The van der Waals surface area contributed by atoms with Gasteiger partial charge in [-0.25, -0.2) is 4.39 Å². The van der Waals surface area contributed by atoms with Crippen molar-refractivity contribution in [3.8, 4) is 0 Å². The van der Waals surface area contributed by atoms with Crippen molar-refractivity contribution in [1.29, 1.82) is 0 Å². The summed E-state index contributed by atoms with van der Waals surface area (Å²) in [6.45, 7) is 2.63. The molecule has 0 bridgehead atoms. The molecule has 0 radical (unpaired) electrons. The van der Waals surface area contributed by atoms with Gasteiger partial charge >= 0.3 is 0 Å². The molecular formula is C14H17FN2O. The molecule has 1 heterocycles. The molecule has 0 aromatic heterocycles. The Morgan fingerprint density at radius 1 is 1.39 bits per heavy atom. The predicted octanol–water partition coefficient (Wildman–Crippen LogP) is 1.19. The van der Waals surface area contributed by atoms with Crippen LogP contribution in [0.5, 0.6) is 0 Å². The summed E-state index contributed by atoms with van der Waals surface area (Å²) in [5.74, 6) is 0.250. The van der Waals surface area contributed by atoms with Gasteiger partial charge in [-0.2, -0.15) is 0 Å². The van der Waals surface area contributed by atoms with Crippen LogP contribution in [0.25, 0.3) is 0 Å². The summed E-state index contributed by atoms with van der Waals surface area (Å²) in [5, 5.41) is 6.14. The third-order valence-electron chi connectivity index (χ3n) is 3.99. The number of halogens is 1. The van der Waals surface area contributed by atoms with Gasteiger partial charge in [0.05, 0.1) is 5.41 Å². The average molecular weight is 248 g/mol. The molecule has 0 unspecified atom stereocenters. The van der Waals surface area contributed by atoms with Crippen LogP contribution >= 0.6 is 0 Å². The molecule has 1 saturated heterocycles. The Hall–Kier alpha value is -1.42. The molecule has 1 aromatic carbocycles. The van der Waals surface area contributed by atoms with Gasteiger partial charge < -0.3 is 10.6 Å². The van der Waals surface area contributed by atoms with Crippen molar-refractivity contribution in [3.63, 3.8) is 0 Å². The van der Waals surface area contributed by atoms with Gasteiger partial charge in [0, 0.05) is 31.1 Å². The SMILES string of the molecule is O=C(NCC1CNC1)C1(c2ccccc2F)CC1. The first-order valence-electron chi connectivity index (χ1n) is 6.46. The zero-order valence-electron chi connectivity index (χ0n) is 10.2. The van der Waals surface area contributed by atoms with Gasteiger partial charge in [0.15, 0.2) is 0 Å². The van der Waals surface area contributed by atoms with E-state index in [9.17, 15) is 9.18 Å². The number of hydrogen-bond acceptors (Lipinski definition) is 2. The third kappa shape index (κ3) is 1.90. The fraction of sp³-hybridized carbons (Fsp3) is 0.500. The fourth-order valence-electron chi connectivity index (χ4n) is 2.49. The molecule has 3 rings (SSSR count). The van der Waals surface area contributed by atoms with E-state index >= 15 is 0 Å². The molecule has 96 valence electrons. The van der Waals surface area contributed by atoms with Crippen molar-refractivity contribution < 1.29 is 9.18 Å². The van der Waals surface area contributed by atoms with Crippen molar-refractivity contribution >= 4 is 5.91 Å². The Morgan fingerprint density at radius 3 is 2.67 bits per heavy atom. The minimum atomic E-state index is -0.595. The summed E-state index contributed by atoms with van der Waals surface area (Å²) in [7, 11) is 0. The normalized spacial score (nSPS) is 21.2. The van der Waals surface area contributed by atoms with E-state index in [0.29, 0.717) is 18.0 Å². The highest BCUT2D eigenvalue weighted by Gasteiger charge is 2.52. The predicted molar refractivity (Wildman–Crippen MR) is 66.7 cm³/mol. The summed E-state index contributed by atoms with van der Waals surface area (Å²) in [6, 6.07) is 6.61.